The number of nitrogens with zero attached hydrogens (tertiary/aromatic N) is 1. The highest BCUT2D eigenvalue weighted by Crippen LogP contribution is 2.26. The molecular weight excluding hydrogens is 231 g/mol. The summed E-state index contributed by atoms with van der Waals surface area (Å²) in [5, 5.41) is 0. The number of hydrogen-bond donors (Lipinski definition) is 1. The van der Waals surface area contributed by atoms with Gasteiger partial charge in [-0.3, -0.25) is 0 Å². The second kappa shape index (κ2) is 6.71. The van der Waals surface area contributed by atoms with Crippen molar-refractivity contribution < 1.29 is 9.13 Å². The molecule has 1 rings (SSSR count). The summed E-state index contributed by atoms with van der Waals surface area (Å²) in [4.78, 5) is 1.98. The number of likely N-dealkylation sites (N-methyl/N-ethyl adjacent to an activating group) is 1. The normalized spacial score (nSPS) is 12.8. The van der Waals surface area contributed by atoms with Gasteiger partial charge in [-0.15, -0.1) is 0 Å². The van der Waals surface area contributed by atoms with E-state index in [1.54, 1.807) is 13.0 Å². The number of anilines is 1. The Morgan fingerprint density at radius 3 is 2.56 bits per heavy atom. The molecule has 4 heteroatoms. The Bertz CT molecular complexity index is 380. The maximum Gasteiger partial charge on any atom is 0.130 e. The topological polar surface area (TPSA) is 38.5 Å². The fourth-order valence-corrected chi connectivity index (χ4v) is 1.86. The monoisotopic (exact) mass is 254 g/mol. The zero-order chi connectivity index (χ0) is 13.7. The molecule has 18 heavy (non-hydrogen) atoms. The molecule has 0 fully saturated rings. The molecule has 0 saturated carbocycles. The number of ether oxygens (including phenoxy) is 1. The van der Waals surface area contributed by atoms with Crippen LogP contribution >= 0.6 is 0 Å². The second-order valence-corrected chi connectivity index (χ2v) is 4.80. The predicted octanol–water partition coefficient (Wildman–Crippen LogP) is 2.71. The molecule has 0 heterocycles. The quantitative estimate of drug-likeness (QED) is 0.848. The Balaban J connectivity index is 2.78. The van der Waals surface area contributed by atoms with E-state index in [1.807, 2.05) is 31.9 Å². The Labute approximate surface area is 109 Å². The molecule has 1 aromatic rings. The average Bonchev–Trinajstić information content (AvgIpc) is 2.27. The van der Waals surface area contributed by atoms with Crippen LogP contribution in [-0.4, -0.2) is 26.3 Å². The first-order valence-corrected chi connectivity index (χ1v) is 6.30. The van der Waals surface area contributed by atoms with Gasteiger partial charge in [0, 0.05) is 30.9 Å². The SMILES string of the molecule is CC(C)OCCN(C)c1cccc(F)c1[C@@H](C)N. The van der Waals surface area contributed by atoms with Crippen LogP contribution in [0.3, 0.4) is 0 Å². The van der Waals surface area contributed by atoms with E-state index >= 15 is 0 Å². The molecule has 0 aromatic heterocycles. The van der Waals surface area contributed by atoms with Crippen molar-refractivity contribution >= 4 is 5.69 Å². The van der Waals surface area contributed by atoms with Crippen molar-refractivity contribution in [1.82, 2.24) is 0 Å². The van der Waals surface area contributed by atoms with E-state index in [2.05, 4.69) is 0 Å². The summed E-state index contributed by atoms with van der Waals surface area (Å²) in [5.74, 6) is -0.251. The summed E-state index contributed by atoms with van der Waals surface area (Å²) in [5.41, 5.74) is 7.22. The van der Waals surface area contributed by atoms with Gasteiger partial charge in [-0.05, 0) is 32.9 Å². The molecular formula is C14H23FN2O. The summed E-state index contributed by atoms with van der Waals surface area (Å²) in [7, 11) is 1.92. The zero-order valence-corrected chi connectivity index (χ0v) is 11.6. The first kappa shape index (κ1) is 14.9. The molecule has 0 radical (unpaired) electrons. The molecule has 1 aromatic carbocycles. The maximum absolute atomic E-state index is 13.8. The Morgan fingerprint density at radius 2 is 2.00 bits per heavy atom. The van der Waals surface area contributed by atoms with Crippen LogP contribution in [0.25, 0.3) is 0 Å². The fraction of sp³-hybridized carbons (Fsp3) is 0.571. The molecule has 0 aliphatic rings. The van der Waals surface area contributed by atoms with Crippen molar-refractivity contribution in [3.63, 3.8) is 0 Å². The highest BCUT2D eigenvalue weighted by Gasteiger charge is 2.15. The Kier molecular flexibility index (Phi) is 5.56. The van der Waals surface area contributed by atoms with Gasteiger partial charge in [-0.1, -0.05) is 6.07 Å². The molecule has 0 spiro atoms. The van der Waals surface area contributed by atoms with E-state index < -0.39 is 0 Å². The fourth-order valence-electron chi connectivity index (χ4n) is 1.86. The number of benzene rings is 1. The molecule has 0 unspecified atom stereocenters. The number of halogens is 1. The smallest absolute Gasteiger partial charge is 0.130 e. The van der Waals surface area contributed by atoms with Crippen molar-refractivity contribution in [3.05, 3.63) is 29.6 Å². The summed E-state index contributed by atoms with van der Waals surface area (Å²) >= 11 is 0. The van der Waals surface area contributed by atoms with Crippen LogP contribution in [0.4, 0.5) is 10.1 Å². The maximum atomic E-state index is 13.8. The van der Waals surface area contributed by atoms with Gasteiger partial charge < -0.3 is 15.4 Å². The standard InChI is InChI=1S/C14H23FN2O/c1-10(2)18-9-8-17(4)13-7-5-6-12(15)14(13)11(3)16/h5-7,10-11H,8-9,16H2,1-4H3/t11-/m1/s1. The third-order valence-corrected chi connectivity index (χ3v) is 2.77. The van der Waals surface area contributed by atoms with Crippen LogP contribution in [-0.2, 0) is 4.74 Å². The molecule has 2 N–H and O–H groups in total. The summed E-state index contributed by atoms with van der Waals surface area (Å²) in [6.45, 7) is 7.11. The molecule has 0 saturated heterocycles. The van der Waals surface area contributed by atoms with Crippen LogP contribution in [0.2, 0.25) is 0 Å². The van der Waals surface area contributed by atoms with Crippen LogP contribution < -0.4 is 10.6 Å². The average molecular weight is 254 g/mol. The third kappa shape index (κ3) is 3.96. The van der Waals surface area contributed by atoms with Crippen molar-refractivity contribution in [2.45, 2.75) is 32.9 Å². The van der Waals surface area contributed by atoms with Gasteiger partial charge in [0.1, 0.15) is 5.82 Å². The lowest BCUT2D eigenvalue weighted by Crippen LogP contribution is -2.26. The van der Waals surface area contributed by atoms with E-state index in [-0.39, 0.29) is 18.0 Å². The lowest BCUT2D eigenvalue weighted by Gasteiger charge is -2.24. The lowest BCUT2D eigenvalue weighted by atomic mass is 10.1. The number of rotatable bonds is 6. The third-order valence-electron chi connectivity index (χ3n) is 2.77. The van der Waals surface area contributed by atoms with E-state index in [9.17, 15) is 4.39 Å². The van der Waals surface area contributed by atoms with Gasteiger partial charge in [-0.2, -0.15) is 0 Å². The molecule has 3 nitrogen and oxygen atoms in total. The summed E-state index contributed by atoms with van der Waals surface area (Å²) in [6, 6.07) is 4.71. The Hall–Kier alpha value is -1.13. The van der Waals surface area contributed by atoms with Crippen molar-refractivity contribution in [2.24, 2.45) is 5.73 Å². The minimum Gasteiger partial charge on any atom is -0.377 e. The van der Waals surface area contributed by atoms with E-state index in [0.717, 1.165) is 5.69 Å². The minimum absolute atomic E-state index is 0.207. The first-order valence-electron chi connectivity index (χ1n) is 6.30. The highest BCUT2D eigenvalue weighted by molar-refractivity contribution is 5.54. The number of nitrogens with two attached hydrogens (primary N) is 1. The van der Waals surface area contributed by atoms with Gasteiger partial charge in [-0.25, -0.2) is 4.39 Å². The van der Waals surface area contributed by atoms with Crippen molar-refractivity contribution in [3.8, 4) is 0 Å². The van der Waals surface area contributed by atoms with Crippen LogP contribution in [0.1, 0.15) is 32.4 Å². The van der Waals surface area contributed by atoms with E-state index in [1.165, 1.54) is 6.07 Å². The lowest BCUT2D eigenvalue weighted by molar-refractivity contribution is 0.0846. The van der Waals surface area contributed by atoms with E-state index in [4.69, 9.17) is 10.5 Å². The molecule has 0 aliphatic heterocycles. The van der Waals surface area contributed by atoms with Crippen molar-refractivity contribution in [2.75, 3.05) is 25.1 Å². The van der Waals surface area contributed by atoms with Gasteiger partial charge in [0.25, 0.3) is 0 Å². The van der Waals surface area contributed by atoms with Gasteiger partial charge in [0.2, 0.25) is 0 Å². The first-order chi connectivity index (χ1) is 8.43. The largest absolute Gasteiger partial charge is 0.377 e. The van der Waals surface area contributed by atoms with Crippen LogP contribution in [0, 0.1) is 5.82 Å². The van der Waals surface area contributed by atoms with Gasteiger partial charge >= 0.3 is 0 Å². The second-order valence-electron chi connectivity index (χ2n) is 4.80. The predicted molar refractivity (Wildman–Crippen MR) is 73.4 cm³/mol. The molecule has 0 bridgehead atoms. The Morgan fingerprint density at radius 1 is 1.33 bits per heavy atom. The summed E-state index contributed by atoms with van der Waals surface area (Å²) < 4.78 is 19.3. The van der Waals surface area contributed by atoms with Crippen molar-refractivity contribution in [1.29, 1.82) is 0 Å². The minimum atomic E-state index is -0.324. The van der Waals surface area contributed by atoms with Crippen LogP contribution in [0.5, 0.6) is 0 Å². The molecule has 0 amide bonds. The molecule has 1 atom stereocenters. The molecule has 0 aliphatic carbocycles. The molecule has 102 valence electrons. The van der Waals surface area contributed by atoms with Gasteiger partial charge in [0.05, 0.1) is 12.7 Å². The number of hydrogen-bond acceptors (Lipinski definition) is 3. The van der Waals surface area contributed by atoms with Crippen LogP contribution in [0.15, 0.2) is 18.2 Å². The summed E-state index contributed by atoms with van der Waals surface area (Å²) in [6.07, 6.45) is 0.207. The van der Waals surface area contributed by atoms with Gasteiger partial charge in [0.15, 0.2) is 0 Å². The van der Waals surface area contributed by atoms with E-state index in [0.29, 0.717) is 18.7 Å². The highest BCUT2D eigenvalue weighted by atomic mass is 19.1. The zero-order valence-electron chi connectivity index (χ0n) is 11.6.